The third-order valence-corrected chi connectivity index (χ3v) is 4.56. The van der Waals surface area contributed by atoms with Crippen LogP contribution in [0.5, 0.6) is 0 Å². The molecule has 5 nitrogen and oxygen atoms in total. The van der Waals surface area contributed by atoms with Crippen LogP contribution in [0.15, 0.2) is 36.4 Å². The van der Waals surface area contributed by atoms with E-state index in [4.69, 9.17) is 28.4 Å². The van der Waals surface area contributed by atoms with Crippen molar-refractivity contribution in [3.63, 3.8) is 0 Å². The molecule has 1 amide bonds. The Hall–Kier alpha value is -1.86. The lowest BCUT2D eigenvalue weighted by Gasteiger charge is -2.04. The Kier molecular flexibility index (Phi) is 4.17. The highest BCUT2D eigenvalue weighted by atomic mass is 35.5. The number of thiazole rings is 1. The summed E-state index contributed by atoms with van der Waals surface area (Å²) in [6.07, 6.45) is 0. The fourth-order valence-electron chi connectivity index (χ4n) is 1.90. The number of amides is 1. The Morgan fingerprint density at radius 3 is 2.73 bits per heavy atom. The fraction of sp³-hybridized carbons (Fsp3) is 0. The lowest BCUT2D eigenvalue weighted by atomic mass is 10.2. The van der Waals surface area contributed by atoms with E-state index >= 15 is 0 Å². The van der Waals surface area contributed by atoms with Gasteiger partial charge in [0.1, 0.15) is 0 Å². The van der Waals surface area contributed by atoms with E-state index in [1.54, 1.807) is 41.9 Å². The third kappa shape index (κ3) is 3.00. The Labute approximate surface area is 139 Å². The maximum absolute atomic E-state index is 11.4. The summed E-state index contributed by atoms with van der Waals surface area (Å²) in [7, 11) is 0. The molecule has 0 fully saturated rings. The molecule has 0 unspecified atom stereocenters. The lowest BCUT2D eigenvalue weighted by molar-refractivity contribution is 0.0706. The minimum atomic E-state index is -0.577. The third-order valence-electron chi connectivity index (χ3n) is 2.91. The van der Waals surface area contributed by atoms with Crippen LogP contribution >= 0.6 is 34.5 Å². The molecule has 0 atom stereocenters. The van der Waals surface area contributed by atoms with Gasteiger partial charge in [0.25, 0.3) is 5.91 Å². The van der Waals surface area contributed by atoms with Gasteiger partial charge >= 0.3 is 0 Å². The lowest BCUT2D eigenvalue weighted by Crippen LogP contribution is -2.18. The monoisotopic (exact) mass is 353 g/mol. The minimum Gasteiger partial charge on any atom is -0.331 e. The van der Waals surface area contributed by atoms with Crippen LogP contribution < -0.4 is 10.8 Å². The molecule has 1 heterocycles. The van der Waals surface area contributed by atoms with Crippen LogP contribution in [0.3, 0.4) is 0 Å². The molecule has 1 aromatic heterocycles. The SMILES string of the molecule is O=C(NO)c1cccc(Nc2nc3cc(Cl)c(Cl)cc3s2)c1. The predicted octanol–water partition coefficient (Wildman–Crippen LogP) is 4.47. The molecular formula is C14H9Cl2N3O2S. The van der Waals surface area contributed by atoms with Crippen molar-refractivity contribution >= 4 is 61.5 Å². The number of halogens is 2. The average molecular weight is 354 g/mol. The standard InChI is InChI=1S/C14H9Cl2N3O2S/c15-9-5-11-12(6-10(9)16)22-14(18-11)17-8-3-1-2-7(4-8)13(20)19-21/h1-6,21H,(H,17,18)(H,19,20). The second kappa shape index (κ2) is 6.10. The van der Waals surface area contributed by atoms with Gasteiger partial charge in [-0.15, -0.1) is 0 Å². The number of rotatable bonds is 3. The Morgan fingerprint density at radius 2 is 1.95 bits per heavy atom. The van der Waals surface area contributed by atoms with Crippen LogP contribution in [0.4, 0.5) is 10.8 Å². The van der Waals surface area contributed by atoms with E-state index in [1.165, 1.54) is 11.3 Å². The maximum Gasteiger partial charge on any atom is 0.274 e. The summed E-state index contributed by atoms with van der Waals surface area (Å²) in [5, 5.41) is 13.3. The summed E-state index contributed by atoms with van der Waals surface area (Å²) in [5.74, 6) is -0.577. The zero-order valence-corrected chi connectivity index (χ0v) is 13.3. The van der Waals surface area contributed by atoms with Gasteiger partial charge in [-0.3, -0.25) is 10.0 Å². The number of nitrogens with zero attached hydrogens (tertiary/aromatic N) is 1. The van der Waals surface area contributed by atoms with Gasteiger partial charge in [-0.25, -0.2) is 10.5 Å². The van der Waals surface area contributed by atoms with Gasteiger partial charge in [-0.2, -0.15) is 0 Å². The number of hydroxylamine groups is 1. The highest BCUT2D eigenvalue weighted by Gasteiger charge is 2.09. The van der Waals surface area contributed by atoms with E-state index in [2.05, 4.69) is 10.3 Å². The largest absolute Gasteiger partial charge is 0.331 e. The topological polar surface area (TPSA) is 74.2 Å². The maximum atomic E-state index is 11.4. The van der Waals surface area contributed by atoms with Crippen molar-refractivity contribution in [3.8, 4) is 0 Å². The molecule has 22 heavy (non-hydrogen) atoms. The molecular weight excluding hydrogens is 345 g/mol. The fourth-order valence-corrected chi connectivity index (χ4v) is 3.20. The second-order valence-electron chi connectivity index (χ2n) is 4.40. The molecule has 0 spiro atoms. The summed E-state index contributed by atoms with van der Waals surface area (Å²) in [6.45, 7) is 0. The van der Waals surface area contributed by atoms with Gasteiger partial charge in [0.2, 0.25) is 0 Å². The van der Waals surface area contributed by atoms with Crippen molar-refractivity contribution in [2.75, 3.05) is 5.32 Å². The molecule has 0 bridgehead atoms. The molecule has 3 aromatic rings. The zero-order valence-electron chi connectivity index (χ0n) is 10.9. The van der Waals surface area contributed by atoms with Crippen LogP contribution in [0, 0.1) is 0 Å². The first-order chi connectivity index (χ1) is 10.6. The van der Waals surface area contributed by atoms with E-state index in [9.17, 15) is 4.79 Å². The quantitative estimate of drug-likeness (QED) is 0.479. The number of carbonyl (C=O) groups excluding carboxylic acids is 1. The summed E-state index contributed by atoms with van der Waals surface area (Å²) < 4.78 is 0.904. The van der Waals surface area contributed by atoms with Crippen molar-refractivity contribution in [1.82, 2.24) is 10.5 Å². The number of anilines is 2. The molecule has 2 aromatic carbocycles. The molecule has 0 saturated heterocycles. The average Bonchev–Trinajstić information content (AvgIpc) is 2.88. The van der Waals surface area contributed by atoms with Crippen LogP contribution in [0.25, 0.3) is 10.2 Å². The number of hydrogen-bond acceptors (Lipinski definition) is 5. The van der Waals surface area contributed by atoms with Crippen LogP contribution in [-0.2, 0) is 0 Å². The van der Waals surface area contributed by atoms with Crippen LogP contribution in [0.2, 0.25) is 10.0 Å². The molecule has 8 heteroatoms. The van der Waals surface area contributed by atoms with E-state index in [0.717, 1.165) is 10.2 Å². The number of carbonyl (C=O) groups is 1. The van der Waals surface area contributed by atoms with Gasteiger partial charge in [-0.05, 0) is 30.3 Å². The Morgan fingerprint density at radius 1 is 1.18 bits per heavy atom. The predicted molar refractivity (Wildman–Crippen MR) is 88.6 cm³/mol. The first-order valence-corrected chi connectivity index (χ1v) is 7.71. The van der Waals surface area contributed by atoms with E-state index in [1.807, 2.05) is 0 Å². The molecule has 0 saturated carbocycles. The van der Waals surface area contributed by atoms with Crippen LogP contribution in [0.1, 0.15) is 10.4 Å². The number of nitrogens with one attached hydrogen (secondary N) is 2. The smallest absolute Gasteiger partial charge is 0.274 e. The van der Waals surface area contributed by atoms with Crippen molar-refractivity contribution < 1.29 is 10.0 Å². The minimum absolute atomic E-state index is 0.333. The van der Waals surface area contributed by atoms with Crippen molar-refractivity contribution in [2.45, 2.75) is 0 Å². The summed E-state index contributed by atoms with van der Waals surface area (Å²) in [4.78, 5) is 15.8. The number of benzene rings is 2. The molecule has 0 radical (unpaired) electrons. The van der Waals surface area contributed by atoms with E-state index in [0.29, 0.717) is 26.4 Å². The zero-order chi connectivity index (χ0) is 15.7. The van der Waals surface area contributed by atoms with Gasteiger partial charge in [0.05, 0.1) is 20.3 Å². The molecule has 0 aliphatic carbocycles. The molecule has 3 N–H and O–H groups in total. The van der Waals surface area contributed by atoms with E-state index < -0.39 is 5.91 Å². The Bertz CT molecular complexity index is 827. The highest BCUT2D eigenvalue weighted by molar-refractivity contribution is 7.22. The van der Waals surface area contributed by atoms with Gasteiger partial charge < -0.3 is 5.32 Å². The Balaban J connectivity index is 1.91. The summed E-state index contributed by atoms with van der Waals surface area (Å²) in [5.41, 5.74) is 3.35. The van der Waals surface area contributed by atoms with E-state index in [-0.39, 0.29) is 0 Å². The number of fused-ring (bicyclic) bond motifs is 1. The van der Waals surface area contributed by atoms with Crippen molar-refractivity contribution in [2.24, 2.45) is 0 Å². The summed E-state index contributed by atoms with van der Waals surface area (Å²) >= 11 is 13.4. The molecule has 0 aliphatic rings. The van der Waals surface area contributed by atoms with Gasteiger partial charge in [0.15, 0.2) is 5.13 Å². The van der Waals surface area contributed by atoms with Crippen molar-refractivity contribution in [3.05, 3.63) is 52.0 Å². The molecule has 0 aliphatic heterocycles. The van der Waals surface area contributed by atoms with Crippen LogP contribution in [-0.4, -0.2) is 16.1 Å². The number of hydrogen-bond donors (Lipinski definition) is 3. The van der Waals surface area contributed by atoms with Crippen molar-refractivity contribution in [1.29, 1.82) is 0 Å². The molecule has 3 rings (SSSR count). The molecule has 112 valence electrons. The summed E-state index contributed by atoms with van der Waals surface area (Å²) in [6, 6.07) is 10.2. The second-order valence-corrected chi connectivity index (χ2v) is 6.24. The highest BCUT2D eigenvalue weighted by Crippen LogP contribution is 2.34. The first-order valence-electron chi connectivity index (χ1n) is 6.14. The van der Waals surface area contributed by atoms with Gasteiger partial charge in [0, 0.05) is 11.3 Å². The number of aromatic nitrogens is 1. The normalized spacial score (nSPS) is 10.7. The first kappa shape index (κ1) is 15.1. The van der Waals surface area contributed by atoms with Gasteiger partial charge in [-0.1, -0.05) is 40.6 Å².